The Morgan fingerprint density at radius 2 is 1.69 bits per heavy atom. The molecule has 72 valence electrons. The van der Waals surface area contributed by atoms with E-state index in [1.54, 1.807) is 0 Å². The number of amides is 1. The molecule has 0 heterocycles. The fourth-order valence-corrected chi connectivity index (χ4v) is 0.907. The van der Waals surface area contributed by atoms with Gasteiger partial charge in [-0.05, 0) is 12.5 Å². The summed E-state index contributed by atoms with van der Waals surface area (Å²) in [6.07, 6.45) is 0.334. The van der Waals surface area contributed by atoms with E-state index in [0.29, 0.717) is 6.42 Å². The molecule has 0 aliphatic rings. The van der Waals surface area contributed by atoms with Crippen LogP contribution in [0.1, 0.15) is 25.0 Å². The lowest BCUT2D eigenvalue weighted by molar-refractivity contribution is -0.117. The summed E-state index contributed by atoms with van der Waals surface area (Å²) in [6.45, 7) is 6.01. The molecule has 2 N–H and O–H groups in total. The Bertz CT molecular complexity index is 251. The predicted molar refractivity (Wildman–Crippen MR) is 55.4 cm³/mol. The summed E-state index contributed by atoms with van der Waals surface area (Å²) in [4.78, 5) is 10.5. The highest BCUT2D eigenvalue weighted by molar-refractivity contribution is 5.76. The number of aryl methyl sites for hydroxylation is 1. The van der Waals surface area contributed by atoms with Gasteiger partial charge in [-0.15, -0.1) is 0 Å². The SMILES string of the molecule is CC.Cc1ccc(CC(N)=O)cc1. The van der Waals surface area contributed by atoms with Crippen LogP contribution in [-0.4, -0.2) is 5.91 Å². The summed E-state index contributed by atoms with van der Waals surface area (Å²) in [6, 6.07) is 7.77. The van der Waals surface area contributed by atoms with E-state index in [-0.39, 0.29) is 5.91 Å². The first-order valence-corrected chi connectivity index (χ1v) is 4.52. The van der Waals surface area contributed by atoms with E-state index in [1.165, 1.54) is 5.56 Å². The molecule has 0 saturated heterocycles. The molecule has 0 bridgehead atoms. The first-order chi connectivity index (χ1) is 6.18. The van der Waals surface area contributed by atoms with Crippen LogP contribution in [0, 0.1) is 6.92 Å². The summed E-state index contributed by atoms with van der Waals surface area (Å²) >= 11 is 0. The highest BCUT2D eigenvalue weighted by atomic mass is 16.1. The van der Waals surface area contributed by atoms with Gasteiger partial charge in [-0.25, -0.2) is 0 Å². The second-order valence-corrected chi connectivity index (χ2v) is 2.63. The van der Waals surface area contributed by atoms with Gasteiger partial charge in [0.1, 0.15) is 0 Å². The number of carbonyl (C=O) groups excluding carboxylic acids is 1. The van der Waals surface area contributed by atoms with Crippen molar-refractivity contribution in [3.8, 4) is 0 Å². The first kappa shape index (κ1) is 11.7. The molecule has 0 atom stereocenters. The Kier molecular flexibility index (Phi) is 5.60. The van der Waals surface area contributed by atoms with Gasteiger partial charge in [0, 0.05) is 0 Å². The van der Waals surface area contributed by atoms with E-state index in [9.17, 15) is 4.79 Å². The van der Waals surface area contributed by atoms with Crippen LogP contribution in [0.4, 0.5) is 0 Å². The summed E-state index contributed by atoms with van der Waals surface area (Å²) in [5.41, 5.74) is 7.19. The summed E-state index contributed by atoms with van der Waals surface area (Å²) in [7, 11) is 0. The third-order valence-electron chi connectivity index (χ3n) is 1.50. The zero-order valence-corrected chi connectivity index (χ0v) is 8.50. The van der Waals surface area contributed by atoms with Gasteiger partial charge in [-0.3, -0.25) is 4.79 Å². The Morgan fingerprint density at radius 3 is 2.08 bits per heavy atom. The van der Waals surface area contributed by atoms with Gasteiger partial charge < -0.3 is 5.73 Å². The van der Waals surface area contributed by atoms with E-state index < -0.39 is 0 Å². The van der Waals surface area contributed by atoms with Crippen molar-refractivity contribution in [1.82, 2.24) is 0 Å². The van der Waals surface area contributed by atoms with Gasteiger partial charge in [0.25, 0.3) is 0 Å². The van der Waals surface area contributed by atoms with Gasteiger partial charge in [0.15, 0.2) is 0 Å². The molecule has 0 saturated carbocycles. The van der Waals surface area contributed by atoms with E-state index in [4.69, 9.17) is 5.73 Å². The normalized spacial score (nSPS) is 8.54. The summed E-state index contributed by atoms with van der Waals surface area (Å²) < 4.78 is 0. The lowest BCUT2D eigenvalue weighted by Crippen LogP contribution is -2.13. The third kappa shape index (κ3) is 5.01. The van der Waals surface area contributed by atoms with Gasteiger partial charge in [-0.2, -0.15) is 0 Å². The van der Waals surface area contributed by atoms with Crippen LogP contribution in [-0.2, 0) is 11.2 Å². The Balaban J connectivity index is 0.000000671. The van der Waals surface area contributed by atoms with Crippen molar-refractivity contribution in [1.29, 1.82) is 0 Å². The molecule has 2 heteroatoms. The van der Waals surface area contributed by atoms with Crippen molar-refractivity contribution in [2.45, 2.75) is 27.2 Å². The molecule has 0 aliphatic carbocycles. The maximum Gasteiger partial charge on any atom is 0.221 e. The van der Waals surface area contributed by atoms with E-state index in [0.717, 1.165) is 5.56 Å². The molecule has 0 fully saturated rings. The molecule has 1 rings (SSSR count). The minimum absolute atomic E-state index is 0.283. The van der Waals surface area contributed by atoms with E-state index >= 15 is 0 Å². The molecule has 1 amide bonds. The molecule has 0 radical (unpaired) electrons. The topological polar surface area (TPSA) is 43.1 Å². The van der Waals surface area contributed by atoms with Crippen LogP contribution < -0.4 is 5.73 Å². The summed E-state index contributed by atoms with van der Waals surface area (Å²) in [5.74, 6) is -0.283. The molecular weight excluding hydrogens is 162 g/mol. The molecule has 0 aliphatic heterocycles. The Labute approximate surface area is 79.8 Å². The van der Waals surface area contributed by atoms with Crippen LogP contribution in [0.2, 0.25) is 0 Å². The van der Waals surface area contributed by atoms with Gasteiger partial charge in [-0.1, -0.05) is 43.7 Å². The average molecular weight is 179 g/mol. The lowest BCUT2D eigenvalue weighted by Gasteiger charge is -1.96. The second-order valence-electron chi connectivity index (χ2n) is 2.63. The van der Waals surface area contributed by atoms with Gasteiger partial charge in [0.2, 0.25) is 5.91 Å². The standard InChI is InChI=1S/C9H11NO.C2H6/c1-7-2-4-8(5-3-7)6-9(10)11;1-2/h2-5H,6H2,1H3,(H2,10,11);1-2H3. The van der Waals surface area contributed by atoms with Crippen molar-refractivity contribution in [3.05, 3.63) is 35.4 Å². The van der Waals surface area contributed by atoms with Crippen LogP contribution in [0.3, 0.4) is 0 Å². The number of rotatable bonds is 2. The van der Waals surface area contributed by atoms with E-state index in [2.05, 4.69) is 0 Å². The quantitative estimate of drug-likeness (QED) is 0.741. The zero-order chi connectivity index (χ0) is 10.3. The Hall–Kier alpha value is -1.31. The highest BCUT2D eigenvalue weighted by Gasteiger charge is 1.95. The van der Waals surface area contributed by atoms with Crippen LogP contribution in [0.15, 0.2) is 24.3 Å². The maximum absolute atomic E-state index is 10.5. The molecule has 0 unspecified atom stereocenters. The molecular formula is C11H17NO. The van der Waals surface area contributed by atoms with Crippen molar-refractivity contribution in [2.24, 2.45) is 5.73 Å². The molecule has 1 aromatic rings. The van der Waals surface area contributed by atoms with Gasteiger partial charge >= 0.3 is 0 Å². The van der Waals surface area contributed by atoms with Crippen molar-refractivity contribution < 1.29 is 4.79 Å². The molecule has 2 nitrogen and oxygen atoms in total. The zero-order valence-electron chi connectivity index (χ0n) is 8.50. The van der Waals surface area contributed by atoms with Crippen molar-refractivity contribution in [3.63, 3.8) is 0 Å². The van der Waals surface area contributed by atoms with Crippen molar-refractivity contribution in [2.75, 3.05) is 0 Å². The average Bonchev–Trinajstić information content (AvgIpc) is 2.12. The fourth-order valence-electron chi connectivity index (χ4n) is 0.907. The number of hydrogen-bond acceptors (Lipinski definition) is 1. The first-order valence-electron chi connectivity index (χ1n) is 4.52. The van der Waals surface area contributed by atoms with Gasteiger partial charge in [0.05, 0.1) is 6.42 Å². The maximum atomic E-state index is 10.5. The molecule has 13 heavy (non-hydrogen) atoms. The van der Waals surface area contributed by atoms with Crippen molar-refractivity contribution >= 4 is 5.91 Å². The minimum Gasteiger partial charge on any atom is -0.369 e. The highest BCUT2D eigenvalue weighted by Crippen LogP contribution is 2.02. The predicted octanol–water partition coefficient (Wildman–Crippen LogP) is 2.05. The van der Waals surface area contributed by atoms with Crippen LogP contribution in [0.5, 0.6) is 0 Å². The second kappa shape index (κ2) is 6.23. The molecule has 0 spiro atoms. The van der Waals surface area contributed by atoms with Crippen LogP contribution >= 0.6 is 0 Å². The summed E-state index contributed by atoms with van der Waals surface area (Å²) in [5, 5.41) is 0. The number of primary amides is 1. The number of hydrogen-bond donors (Lipinski definition) is 1. The molecule has 1 aromatic carbocycles. The van der Waals surface area contributed by atoms with E-state index in [1.807, 2.05) is 45.0 Å². The largest absolute Gasteiger partial charge is 0.369 e. The monoisotopic (exact) mass is 179 g/mol. The number of nitrogens with two attached hydrogens (primary N) is 1. The minimum atomic E-state index is -0.283. The third-order valence-corrected chi connectivity index (χ3v) is 1.50. The lowest BCUT2D eigenvalue weighted by atomic mass is 10.1. The fraction of sp³-hybridized carbons (Fsp3) is 0.364. The smallest absolute Gasteiger partial charge is 0.221 e. The molecule has 0 aromatic heterocycles. The van der Waals surface area contributed by atoms with Crippen LogP contribution in [0.25, 0.3) is 0 Å². The Morgan fingerprint density at radius 1 is 1.23 bits per heavy atom. The number of carbonyl (C=O) groups is 1. The number of benzene rings is 1.